The molecule has 98 valence electrons. The third-order valence-electron chi connectivity index (χ3n) is 3.45. The minimum absolute atomic E-state index is 0.0745. The summed E-state index contributed by atoms with van der Waals surface area (Å²) in [6, 6.07) is 5.49. The van der Waals surface area contributed by atoms with Crippen LogP contribution in [0.25, 0.3) is 0 Å². The molecule has 0 heterocycles. The van der Waals surface area contributed by atoms with E-state index in [4.69, 9.17) is 23.2 Å². The van der Waals surface area contributed by atoms with Gasteiger partial charge >= 0.3 is 0 Å². The first-order valence-electron chi connectivity index (χ1n) is 6.29. The molecule has 0 bridgehead atoms. The summed E-state index contributed by atoms with van der Waals surface area (Å²) in [5, 5.41) is 0.991. The molecule has 4 heteroatoms. The van der Waals surface area contributed by atoms with Gasteiger partial charge in [0.1, 0.15) is 0 Å². The summed E-state index contributed by atoms with van der Waals surface area (Å²) in [5.41, 5.74) is 0.563. The van der Waals surface area contributed by atoms with Crippen molar-refractivity contribution < 1.29 is 4.79 Å². The number of nitrogens with zero attached hydrogens (tertiary/aromatic N) is 1. The quantitative estimate of drug-likeness (QED) is 0.761. The molecule has 1 aromatic carbocycles. The third kappa shape index (κ3) is 2.87. The second kappa shape index (κ2) is 5.60. The summed E-state index contributed by atoms with van der Waals surface area (Å²) in [6.07, 6.45) is 2.39. The van der Waals surface area contributed by atoms with Gasteiger partial charge in [0, 0.05) is 16.6 Å². The summed E-state index contributed by atoms with van der Waals surface area (Å²) >= 11 is 11.9. The molecule has 1 unspecified atom stereocenters. The van der Waals surface area contributed by atoms with Gasteiger partial charge in [0.05, 0.1) is 11.1 Å². The highest BCUT2D eigenvalue weighted by atomic mass is 35.5. The van der Waals surface area contributed by atoms with E-state index >= 15 is 0 Å². The molecule has 0 aromatic heterocycles. The highest BCUT2D eigenvalue weighted by molar-refractivity contribution is 6.37. The van der Waals surface area contributed by atoms with Crippen LogP contribution in [0, 0.1) is 0 Å². The van der Waals surface area contributed by atoms with E-state index in [1.165, 1.54) is 12.8 Å². The maximum atomic E-state index is 12.4. The molecule has 1 fully saturated rings. The number of benzene rings is 1. The van der Waals surface area contributed by atoms with Crippen molar-refractivity contribution in [3.63, 3.8) is 0 Å². The van der Waals surface area contributed by atoms with E-state index in [0.717, 1.165) is 6.54 Å². The lowest BCUT2D eigenvalue weighted by Crippen LogP contribution is -2.40. The van der Waals surface area contributed by atoms with Crippen molar-refractivity contribution in [3.8, 4) is 0 Å². The summed E-state index contributed by atoms with van der Waals surface area (Å²) in [5.74, 6) is 0.0745. The molecular weight excluding hydrogens is 269 g/mol. The largest absolute Gasteiger partial charge is 0.292 e. The predicted molar refractivity (Wildman–Crippen MR) is 75.7 cm³/mol. The van der Waals surface area contributed by atoms with Crippen LogP contribution in [-0.2, 0) is 0 Å². The molecule has 0 amide bonds. The van der Waals surface area contributed by atoms with Crippen molar-refractivity contribution >= 4 is 29.0 Å². The van der Waals surface area contributed by atoms with E-state index in [2.05, 4.69) is 11.8 Å². The molecule has 0 radical (unpaired) electrons. The zero-order chi connectivity index (χ0) is 13.3. The average molecular weight is 286 g/mol. The number of hydrogen-bond donors (Lipinski definition) is 0. The smallest absolute Gasteiger partial charge is 0.181 e. The van der Waals surface area contributed by atoms with Crippen LogP contribution < -0.4 is 0 Å². The Balaban J connectivity index is 2.19. The van der Waals surface area contributed by atoms with Crippen LogP contribution >= 0.6 is 23.2 Å². The van der Waals surface area contributed by atoms with Crippen molar-refractivity contribution in [1.82, 2.24) is 4.90 Å². The highest BCUT2D eigenvalue weighted by Crippen LogP contribution is 2.30. The van der Waals surface area contributed by atoms with Crippen LogP contribution in [0.5, 0.6) is 0 Å². The van der Waals surface area contributed by atoms with Gasteiger partial charge in [0.2, 0.25) is 0 Å². The minimum atomic E-state index is -0.124. The molecule has 0 spiro atoms. The van der Waals surface area contributed by atoms with Gasteiger partial charge in [-0.05, 0) is 44.5 Å². The first-order valence-corrected chi connectivity index (χ1v) is 7.05. The van der Waals surface area contributed by atoms with Crippen LogP contribution in [0.2, 0.25) is 10.0 Å². The summed E-state index contributed by atoms with van der Waals surface area (Å²) in [7, 11) is 0. The topological polar surface area (TPSA) is 20.3 Å². The van der Waals surface area contributed by atoms with Crippen LogP contribution in [0.4, 0.5) is 0 Å². The minimum Gasteiger partial charge on any atom is -0.292 e. The number of carbonyl (C=O) groups excluding carboxylic acids is 1. The molecule has 0 saturated heterocycles. The zero-order valence-electron chi connectivity index (χ0n) is 10.6. The van der Waals surface area contributed by atoms with Gasteiger partial charge in [-0.3, -0.25) is 9.69 Å². The molecular formula is C14H17Cl2NO. The zero-order valence-corrected chi connectivity index (χ0v) is 12.1. The maximum absolute atomic E-state index is 12.4. The number of likely N-dealkylation sites (N-methyl/N-ethyl adjacent to an activating group) is 1. The standard InChI is InChI=1S/C14H17Cl2NO/c1-3-17(11-5-6-11)9(2)14(18)12-7-4-10(15)8-13(12)16/h4,7-9,11H,3,5-6H2,1-2H3. The number of Topliss-reactive ketones (excluding diaryl/α,β-unsaturated/α-hetero) is 1. The number of halogens is 2. The molecule has 0 aliphatic heterocycles. The summed E-state index contributed by atoms with van der Waals surface area (Å²) in [6.45, 7) is 4.93. The molecule has 1 aliphatic carbocycles. The molecule has 18 heavy (non-hydrogen) atoms. The monoisotopic (exact) mass is 285 g/mol. The van der Waals surface area contributed by atoms with Crippen molar-refractivity contribution in [2.24, 2.45) is 0 Å². The van der Waals surface area contributed by atoms with E-state index in [-0.39, 0.29) is 11.8 Å². The first kappa shape index (κ1) is 13.9. The molecule has 2 rings (SSSR count). The fraction of sp³-hybridized carbons (Fsp3) is 0.500. The number of carbonyl (C=O) groups is 1. The van der Waals surface area contributed by atoms with Crippen molar-refractivity contribution in [1.29, 1.82) is 0 Å². The van der Waals surface area contributed by atoms with E-state index in [1.54, 1.807) is 18.2 Å². The molecule has 1 atom stereocenters. The summed E-state index contributed by atoms with van der Waals surface area (Å²) in [4.78, 5) is 14.7. The van der Waals surface area contributed by atoms with E-state index in [1.807, 2.05) is 6.92 Å². The maximum Gasteiger partial charge on any atom is 0.181 e. The lowest BCUT2D eigenvalue weighted by Gasteiger charge is -2.26. The molecule has 1 aromatic rings. The molecule has 1 saturated carbocycles. The molecule has 0 N–H and O–H groups in total. The van der Waals surface area contributed by atoms with E-state index in [9.17, 15) is 4.79 Å². The van der Waals surface area contributed by atoms with E-state index < -0.39 is 0 Å². The van der Waals surface area contributed by atoms with Crippen LogP contribution in [0.3, 0.4) is 0 Å². The first-order chi connectivity index (χ1) is 8.54. The summed E-state index contributed by atoms with van der Waals surface area (Å²) < 4.78 is 0. The lowest BCUT2D eigenvalue weighted by molar-refractivity contribution is 0.0834. The Morgan fingerprint density at radius 3 is 2.61 bits per heavy atom. The van der Waals surface area contributed by atoms with Gasteiger partial charge in [0.15, 0.2) is 5.78 Å². The van der Waals surface area contributed by atoms with Gasteiger partial charge in [0.25, 0.3) is 0 Å². The van der Waals surface area contributed by atoms with Crippen LogP contribution in [0.15, 0.2) is 18.2 Å². The molecule has 2 nitrogen and oxygen atoms in total. The Morgan fingerprint density at radius 2 is 2.11 bits per heavy atom. The van der Waals surface area contributed by atoms with Crippen molar-refractivity contribution in [3.05, 3.63) is 33.8 Å². The van der Waals surface area contributed by atoms with E-state index in [0.29, 0.717) is 21.7 Å². The predicted octanol–water partition coefficient (Wildman–Crippen LogP) is 4.05. The van der Waals surface area contributed by atoms with Crippen molar-refractivity contribution in [2.45, 2.75) is 38.8 Å². The lowest BCUT2D eigenvalue weighted by atomic mass is 10.0. The van der Waals surface area contributed by atoms with Crippen molar-refractivity contribution in [2.75, 3.05) is 6.54 Å². The Hall–Kier alpha value is -0.570. The highest BCUT2D eigenvalue weighted by Gasteiger charge is 2.34. The molecule has 1 aliphatic rings. The SMILES string of the molecule is CCN(C1CC1)C(C)C(=O)c1ccc(Cl)cc1Cl. The van der Waals surface area contributed by atoms with Gasteiger partial charge in [-0.25, -0.2) is 0 Å². The Kier molecular flexibility index (Phi) is 4.31. The Morgan fingerprint density at radius 1 is 1.44 bits per heavy atom. The normalized spacial score (nSPS) is 16.9. The van der Waals surface area contributed by atoms with Gasteiger partial charge in [-0.15, -0.1) is 0 Å². The third-order valence-corrected chi connectivity index (χ3v) is 4.00. The Labute approximate surface area is 118 Å². The van der Waals surface area contributed by atoms with Gasteiger partial charge in [-0.2, -0.15) is 0 Å². The average Bonchev–Trinajstić information content (AvgIpc) is 3.13. The fourth-order valence-corrected chi connectivity index (χ4v) is 2.82. The fourth-order valence-electron chi connectivity index (χ4n) is 2.32. The number of hydrogen-bond acceptors (Lipinski definition) is 2. The number of ketones is 1. The van der Waals surface area contributed by atoms with Crippen LogP contribution in [-0.4, -0.2) is 29.3 Å². The van der Waals surface area contributed by atoms with Gasteiger partial charge in [-0.1, -0.05) is 30.1 Å². The Bertz CT molecular complexity index is 457. The second-order valence-corrected chi connectivity index (χ2v) is 5.57. The van der Waals surface area contributed by atoms with Crippen LogP contribution in [0.1, 0.15) is 37.0 Å². The van der Waals surface area contributed by atoms with Gasteiger partial charge < -0.3 is 0 Å². The second-order valence-electron chi connectivity index (χ2n) is 4.73. The number of rotatable bonds is 5.